The van der Waals surface area contributed by atoms with Crippen LogP contribution in [0.3, 0.4) is 0 Å². The molecule has 11 N–H and O–H groups in total. The average molecular weight is 1320 g/mol. The van der Waals surface area contributed by atoms with Crippen LogP contribution in [0.25, 0.3) is 22.5 Å². The summed E-state index contributed by atoms with van der Waals surface area (Å²) in [5.74, 6) is 1.38. The van der Waals surface area contributed by atoms with Gasteiger partial charge in [-0.3, -0.25) is 55.5 Å². The molecule has 0 unspecified atom stereocenters. The first-order chi connectivity index (χ1) is 44.7. The van der Waals surface area contributed by atoms with Gasteiger partial charge in [0.1, 0.15) is 11.6 Å². The molecule has 29 heteroatoms. The van der Waals surface area contributed by atoms with Crippen molar-refractivity contribution in [2.75, 3.05) is 32.2 Å². The van der Waals surface area contributed by atoms with Gasteiger partial charge in [0.15, 0.2) is 12.0 Å². The van der Waals surface area contributed by atoms with Crippen molar-refractivity contribution in [2.45, 2.75) is 81.6 Å². The van der Waals surface area contributed by atoms with Crippen LogP contribution in [0.4, 0.5) is 28.4 Å². The molecule has 0 aliphatic carbocycles. The SMILES string of the molecule is C.C.CCCCO.CN(C)/C=C/C(=O)c1cccnc1.Cc1ccc(N)cc1Cc1nccc(-c2cccnc2)n1.Cc1ccc([N+](=O)[O-])cc1CC(=N)N.Cc1ccc([N+](=O)[O-])cc1Cc1nccc(-c2cccnc2)n1.Cc1ccc([N+](=O)[O-])cc1N.N#CN.O=[N+]([O-])O. The Hall–Kier alpha value is -12.6. The summed E-state index contributed by atoms with van der Waals surface area (Å²) in [5, 5.41) is 67.5. The van der Waals surface area contributed by atoms with E-state index < -0.39 is 19.9 Å². The highest BCUT2D eigenvalue weighted by molar-refractivity contribution is 6.04. The predicted octanol–water partition coefficient (Wildman–Crippen LogP) is 11.7. The fraction of sp³-hybridized carbons (Fsp3) is 0.224. The Morgan fingerprint density at radius 3 is 1.41 bits per heavy atom. The first kappa shape index (κ1) is 83.4. The molecule has 0 amide bonds. The zero-order valence-corrected chi connectivity index (χ0v) is 52.8. The monoisotopic (exact) mass is 1310 g/mol. The molecule has 9 aromatic rings. The van der Waals surface area contributed by atoms with Crippen LogP contribution in [0, 0.1) is 85.0 Å². The second-order valence-corrected chi connectivity index (χ2v) is 19.8. The number of nitro groups is 3. The molecule has 0 aliphatic heterocycles. The van der Waals surface area contributed by atoms with Gasteiger partial charge in [0.25, 0.3) is 22.1 Å². The van der Waals surface area contributed by atoms with Gasteiger partial charge in [-0.2, -0.15) is 5.26 Å². The Balaban J connectivity index is 0.00000114. The number of allylic oxidation sites excluding steroid dienone is 1. The maximum absolute atomic E-state index is 11.4. The van der Waals surface area contributed by atoms with Crippen molar-refractivity contribution in [1.29, 1.82) is 10.7 Å². The van der Waals surface area contributed by atoms with E-state index in [1.165, 1.54) is 48.2 Å². The largest absolute Gasteiger partial charge is 0.399 e. The summed E-state index contributed by atoms with van der Waals surface area (Å²) >= 11 is 0. The minimum Gasteiger partial charge on any atom is -0.399 e. The number of nitrogens with zero attached hydrogens (tertiary/aromatic N) is 13. The minimum absolute atomic E-state index is 0. The van der Waals surface area contributed by atoms with Crippen molar-refractivity contribution < 1.29 is 35.0 Å². The van der Waals surface area contributed by atoms with E-state index in [-0.39, 0.29) is 50.0 Å². The number of carbonyl (C=O) groups excluding carboxylic acids is 1. The van der Waals surface area contributed by atoms with Crippen LogP contribution in [0.2, 0.25) is 0 Å². The lowest BCUT2D eigenvalue weighted by Crippen LogP contribution is -2.13. The highest BCUT2D eigenvalue weighted by Crippen LogP contribution is 2.23. The normalized spacial score (nSPS) is 9.49. The van der Waals surface area contributed by atoms with E-state index in [0.717, 1.165) is 80.2 Å². The number of aryl methyl sites for hydroxylation is 4. The molecule has 0 saturated carbocycles. The van der Waals surface area contributed by atoms with Crippen LogP contribution < -0.4 is 22.9 Å². The zero-order chi connectivity index (χ0) is 70.1. The lowest BCUT2D eigenvalue weighted by atomic mass is 10.0. The first-order valence-corrected chi connectivity index (χ1v) is 28.2. The number of unbranched alkanes of at least 4 members (excludes halogenated alkanes) is 1. The number of aliphatic hydroxyl groups is 1. The van der Waals surface area contributed by atoms with Crippen molar-refractivity contribution in [1.82, 2.24) is 39.8 Å². The minimum atomic E-state index is -1.50. The number of nitro benzene ring substituents is 3. The summed E-state index contributed by atoms with van der Waals surface area (Å²) < 4.78 is 0. The Bertz CT molecular complexity index is 3950. The van der Waals surface area contributed by atoms with Crippen molar-refractivity contribution in [3.8, 4) is 28.7 Å². The fourth-order valence-corrected chi connectivity index (χ4v) is 7.39. The third-order valence-electron chi connectivity index (χ3n) is 12.3. The van der Waals surface area contributed by atoms with Crippen molar-refractivity contribution in [3.63, 3.8) is 0 Å². The number of pyridine rings is 3. The number of benzene rings is 4. The van der Waals surface area contributed by atoms with E-state index in [9.17, 15) is 35.1 Å². The number of hydrogen-bond acceptors (Lipinski definition) is 23. The zero-order valence-electron chi connectivity index (χ0n) is 52.8. The number of aliphatic hydroxyl groups excluding tert-OH is 1. The van der Waals surface area contributed by atoms with Crippen LogP contribution in [0.5, 0.6) is 0 Å². The predicted molar refractivity (Wildman–Crippen MR) is 371 cm³/mol. The number of nitrogen functional groups attached to an aromatic ring is 2. The third kappa shape index (κ3) is 32.9. The lowest BCUT2D eigenvalue weighted by Gasteiger charge is -2.07. The molecule has 0 bridgehead atoms. The van der Waals surface area contributed by atoms with Crippen molar-refractivity contribution in [2.24, 2.45) is 11.5 Å². The van der Waals surface area contributed by atoms with E-state index >= 15 is 0 Å². The van der Waals surface area contributed by atoms with Gasteiger partial charge in [-0.05, 0) is 134 Å². The topological polar surface area (TPSA) is 475 Å². The summed E-state index contributed by atoms with van der Waals surface area (Å²) in [6, 6.07) is 34.6. The van der Waals surface area contributed by atoms with Gasteiger partial charge in [-0.25, -0.2) is 19.9 Å². The Labute approximate surface area is 557 Å². The summed E-state index contributed by atoms with van der Waals surface area (Å²) in [7, 11) is 3.74. The van der Waals surface area contributed by atoms with Crippen molar-refractivity contribution >= 4 is 40.1 Å². The Morgan fingerprint density at radius 2 is 1.03 bits per heavy atom. The Kier molecular flexibility index (Phi) is 39.7. The van der Waals surface area contributed by atoms with Gasteiger partial charge < -0.3 is 38.1 Å². The van der Waals surface area contributed by atoms with E-state index in [1.54, 1.807) is 99.1 Å². The average Bonchev–Trinajstić information content (AvgIpc) is 1.00. The molecule has 4 aromatic carbocycles. The van der Waals surface area contributed by atoms with Crippen LogP contribution in [-0.4, -0.2) is 102 Å². The molecule has 0 atom stereocenters. The molecule has 5 aromatic heterocycles. The second-order valence-electron chi connectivity index (χ2n) is 19.8. The molecule has 96 heavy (non-hydrogen) atoms. The number of rotatable bonds is 16. The third-order valence-corrected chi connectivity index (χ3v) is 12.3. The van der Waals surface area contributed by atoms with E-state index in [4.69, 9.17) is 48.3 Å². The number of aromatic nitrogens is 7. The van der Waals surface area contributed by atoms with Crippen LogP contribution in [0.1, 0.15) is 95.6 Å². The number of carbonyl (C=O) groups is 1. The van der Waals surface area contributed by atoms with Gasteiger partial charge in [0.2, 0.25) is 0 Å². The number of nitrogens with two attached hydrogens (primary N) is 4. The maximum Gasteiger partial charge on any atom is 0.291 e. The number of nitriles is 1. The molecule has 29 nitrogen and oxygen atoms in total. The summed E-state index contributed by atoms with van der Waals surface area (Å²) in [6.07, 6.45) is 21.6. The molecule has 506 valence electrons. The quantitative estimate of drug-likeness (QED) is 0.00544. The molecular formula is C67H82N18O11. The molecule has 5 heterocycles. The molecule has 0 radical (unpaired) electrons. The lowest BCUT2D eigenvalue weighted by molar-refractivity contribution is -0.742. The van der Waals surface area contributed by atoms with Gasteiger partial charge in [-0.1, -0.05) is 52.5 Å². The van der Waals surface area contributed by atoms with Gasteiger partial charge in [0.05, 0.1) is 32.0 Å². The maximum atomic E-state index is 11.4. The van der Waals surface area contributed by atoms with E-state index in [2.05, 4.69) is 54.5 Å². The number of nitrogens with one attached hydrogen (secondary N) is 1. The van der Waals surface area contributed by atoms with Crippen LogP contribution in [0.15, 0.2) is 183 Å². The Morgan fingerprint density at radius 1 is 0.625 bits per heavy atom. The number of non-ortho nitro benzene ring substituents is 3. The summed E-state index contributed by atoms with van der Waals surface area (Å²) in [4.78, 5) is 81.7. The number of anilines is 2. The highest BCUT2D eigenvalue weighted by atomic mass is 16.9. The standard InChI is InChI=1S/C17H14N4O2.C17H16N4.C10H12N2O.C9H11N3O2.C7H8N2O2.C4H10O.CH2N2.2CH4.HNO3/c1-12-4-5-15(21(22)23)9-14(12)10-17-19-8-6-16(20-17)13-3-2-7-18-11-13;1-12-4-5-15(18)9-14(12)10-17-20-8-6-16(21-17)13-3-2-7-19-11-13;1-12(2)7-5-10(13)9-4-3-6-11-8-9;1-6-2-3-8(12(13)14)4-7(6)5-9(10)11;1-5-2-3-6(9(10)11)4-7(5)8;1-2-3-4-5;2-1-3;;;2-1(3)4/h2-9,11H,10H2,1H3;2-9,11H,10,18H2,1H3;3-8H,1-2H3;2-4H,5H2,1H3,(H3,10,11);2-4H,8H2,1H3;5H,2-4H2,1H3;2H2;2*1H4;(H,2,3,4)/b;;7-5+;;;;;;;. The smallest absolute Gasteiger partial charge is 0.291 e. The van der Waals surface area contributed by atoms with Gasteiger partial charge in [-0.15, -0.1) is 10.1 Å². The molecule has 0 aliphatic rings. The van der Waals surface area contributed by atoms with Crippen molar-refractivity contribution in [3.05, 3.63) is 280 Å². The van der Waals surface area contributed by atoms with Crippen LogP contribution >= 0.6 is 0 Å². The number of amidine groups is 1. The summed E-state index contributed by atoms with van der Waals surface area (Å²) in [6.45, 7) is 10.0. The fourth-order valence-electron chi connectivity index (χ4n) is 7.39. The first-order valence-electron chi connectivity index (χ1n) is 28.2. The summed E-state index contributed by atoms with van der Waals surface area (Å²) in [5.41, 5.74) is 32.9. The van der Waals surface area contributed by atoms with E-state index in [1.807, 2.05) is 87.4 Å². The molecule has 0 saturated heterocycles. The van der Waals surface area contributed by atoms with Gasteiger partial charge in [0, 0.05) is 166 Å². The molecule has 9 rings (SSSR count). The molecular weight excluding hydrogens is 1230 g/mol. The second kappa shape index (κ2) is 45.6. The van der Waals surface area contributed by atoms with E-state index in [0.29, 0.717) is 36.5 Å². The number of ketones is 1. The highest BCUT2D eigenvalue weighted by Gasteiger charge is 2.13. The van der Waals surface area contributed by atoms with Crippen LogP contribution in [-0.2, 0) is 19.3 Å². The molecule has 0 spiro atoms. The molecule has 0 fully saturated rings. The van der Waals surface area contributed by atoms with Gasteiger partial charge >= 0.3 is 0 Å². The number of hydrogen-bond donors (Lipinski definition) is 7.